The maximum absolute atomic E-state index is 12.0. The summed E-state index contributed by atoms with van der Waals surface area (Å²) in [6.45, 7) is 8.89. The molecule has 3 atom stereocenters. The van der Waals surface area contributed by atoms with Crippen molar-refractivity contribution in [3.63, 3.8) is 0 Å². The molecule has 3 N–H and O–H groups in total. The Morgan fingerprint density at radius 1 is 1.29 bits per heavy atom. The van der Waals surface area contributed by atoms with Gasteiger partial charge in [0.1, 0.15) is 0 Å². The van der Waals surface area contributed by atoms with Crippen molar-refractivity contribution in [1.82, 2.24) is 10.2 Å². The standard InChI is InChI=1S/C13H29N3O/c1-6-7-10(2)15-13(17)12(4)16(5)11(3)8-9-14/h10-12H,6-9,14H2,1-5H3,(H,15,17). The molecular weight excluding hydrogens is 214 g/mol. The molecule has 0 bridgehead atoms. The highest BCUT2D eigenvalue weighted by Crippen LogP contribution is 2.06. The molecule has 0 aromatic rings. The summed E-state index contributed by atoms with van der Waals surface area (Å²) in [6, 6.07) is 0.492. The van der Waals surface area contributed by atoms with Gasteiger partial charge < -0.3 is 11.1 Å². The van der Waals surface area contributed by atoms with E-state index in [2.05, 4.69) is 31.0 Å². The number of hydrogen-bond donors (Lipinski definition) is 2. The third-order valence-corrected chi connectivity index (χ3v) is 3.38. The number of carbonyl (C=O) groups excluding carboxylic acids is 1. The zero-order valence-electron chi connectivity index (χ0n) is 12.0. The van der Waals surface area contributed by atoms with Gasteiger partial charge in [0.2, 0.25) is 5.91 Å². The minimum atomic E-state index is -0.101. The monoisotopic (exact) mass is 243 g/mol. The van der Waals surface area contributed by atoms with E-state index in [9.17, 15) is 4.79 Å². The highest BCUT2D eigenvalue weighted by molar-refractivity contribution is 5.81. The van der Waals surface area contributed by atoms with Gasteiger partial charge in [0.15, 0.2) is 0 Å². The first-order valence-electron chi connectivity index (χ1n) is 6.66. The van der Waals surface area contributed by atoms with Crippen LogP contribution in [0.5, 0.6) is 0 Å². The van der Waals surface area contributed by atoms with E-state index in [0.717, 1.165) is 19.3 Å². The van der Waals surface area contributed by atoms with Gasteiger partial charge in [0.25, 0.3) is 0 Å². The predicted octanol–water partition coefficient (Wildman–Crippen LogP) is 1.35. The third kappa shape index (κ3) is 6.03. The fraction of sp³-hybridized carbons (Fsp3) is 0.923. The van der Waals surface area contributed by atoms with Crippen LogP contribution in [0, 0.1) is 0 Å². The molecule has 0 spiro atoms. The van der Waals surface area contributed by atoms with Crippen LogP contribution >= 0.6 is 0 Å². The van der Waals surface area contributed by atoms with E-state index in [0.29, 0.717) is 12.6 Å². The number of nitrogens with zero attached hydrogens (tertiary/aromatic N) is 1. The first-order valence-corrected chi connectivity index (χ1v) is 6.66. The predicted molar refractivity (Wildman–Crippen MR) is 72.9 cm³/mol. The van der Waals surface area contributed by atoms with E-state index in [-0.39, 0.29) is 18.0 Å². The topological polar surface area (TPSA) is 58.4 Å². The van der Waals surface area contributed by atoms with Crippen molar-refractivity contribution in [2.24, 2.45) is 5.73 Å². The molecule has 0 fully saturated rings. The highest BCUT2D eigenvalue weighted by Gasteiger charge is 2.22. The van der Waals surface area contributed by atoms with Gasteiger partial charge >= 0.3 is 0 Å². The Hall–Kier alpha value is -0.610. The lowest BCUT2D eigenvalue weighted by Gasteiger charge is -2.30. The number of hydrogen-bond acceptors (Lipinski definition) is 3. The fourth-order valence-corrected chi connectivity index (χ4v) is 1.88. The molecular formula is C13H29N3O. The number of nitrogens with one attached hydrogen (secondary N) is 1. The van der Waals surface area contributed by atoms with Crippen LogP contribution in [0.2, 0.25) is 0 Å². The lowest BCUT2D eigenvalue weighted by Crippen LogP contribution is -2.49. The van der Waals surface area contributed by atoms with Crippen molar-refractivity contribution >= 4 is 5.91 Å². The number of likely N-dealkylation sites (N-methyl/N-ethyl adjacent to an activating group) is 1. The minimum Gasteiger partial charge on any atom is -0.352 e. The van der Waals surface area contributed by atoms with Crippen molar-refractivity contribution < 1.29 is 4.79 Å². The maximum Gasteiger partial charge on any atom is 0.237 e. The average Bonchev–Trinajstić information content (AvgIpc) is 2.27. The summed E-state index contributed by atoms with van der Waals surface area (Å²) in [5.41, 5.74) is 5.54. The van der Waals surface area contributed by atoms with E-state index in [1.54, 1.807) is 0 Å². The van der Waals surface area contributed by atoms with Gasteiger partial charge in [-0.25, -0.2) is 0 Å². The molecule has 17 heavy (non-hydrogen) atoms. The number of nitrogens with two attached hydrogens (primary N) is 1. The summed E-state index contributed by atoms with van der Waals surface area (Å²) in [4.78, 5) is 14.1. The van der Waals surface area contributed by atoms with Crippen molar-refractivity contribution in [3.05, 3.63) is 0 Å². The Balaban J connectivity index is 4.19. The summed E-state index contributed by atoms with van der Waals surface area (Å²) in [5.74, 6) is 0.109. The summed E-state index contributed by atoms with van der Waals surface area (Å²) in [5, 5.41) is 3.05. The molecule has 0 saturated heterocycles. The van der Waals surface area contributed by atoms with Gasteiger partial charge in [-0.1, -0.05) is 13.3 Å². The van der Waals surface area contributed by atoms with Crippen molar-refractivity contribution in [3.8, 4) is 0 Å². The minimum absolute atomic E-state index is 0.101. The van der Waals surface area contributed by atoms with Crippen LogP contribution in [0.15, 0.2) is 0 Å². The van der Waals surface area contributed by atoms with E-state index < -0.39 is 0 Å². The van der Waals surface area contributed by atoms with Gasteiger partial charge in [0.05, 0.1) is 6.04 Å². The van der Waals surface area contributed by atoms with Crippen LogP contribution in [-0.2, 0) is 4.79 Å². The fourth-order valence-electron chi connectivity index (χ4n) is 1.88. The van der Waals surface area contributed by atoms with Crippen LogP contribution < -0.4 is 11.1 Å². The molecule has 0 aromatic heterocycles. The molecule has 0 heterocycles. The highest BCUT2D eigenvalue weighted by atomic mass is 16.2. The van der Waals surface area contributed by atoms with E-state index in [4.69, 9.17) is 5.73 Å². The molecule has 102 valence electrons. The molecule has 0 aliphatic rings. The molecule has 3 unspecified atom stereocenters. The Labute approximate surface area is 106 Å². The van der Waals surface area contributed by atoms with Gasteiger partial charge in [-0.05, 0) is 47.2 Å². The van der Waals surface area contributed by atoms with E-state index in [1.807, 2.05) is 14.0 Å². The summed E-state index contributed by atoms with van der Waals surface area (Å²) < 4.78 is 0. The summed E-state index contributed by atoms with van der Waals surface area (Å²) >= 11 is 0. The lowest BCUT2D eigenvalue weighted by atomic mass is 10.1. The summed E-state index contributed by atoms with van der Waals surface area (Å²) in [7, 11) is 1.98. The Bertz CT molecular complexity index is 221. The lowest BCUT2D eigenvalue weighted by molar-refractivity contribution is -0.126. The quantitative estimate of drug-likeness (QED) is 0.676. The van der Waals surface area contributed by atoms with Crippen LogP contribution in [0.3, 0.4) is 0 Å². The molecule has 4 nitrogen and oxygen atoms in total. The Morgan fingerprint density at radius 3 is 2.35 bits per heavy atom. The van der Waals surface area contributed by atoms with Crippen molar-refractivity contribution in [1.29, 1.82) is 0 Å². The van der Waals surface area contributed by atoms with Crippen LogP contribution in [0.4, 0.5) is 0 Å². The molecule has 1 amide bonds. The second-order valence-electron chi connectivity index (χ2n) is 4.97. The SMILES string of the molecule is CCCC(C)NC(=O)C(C)N(C)C(C)CCN. The largest absolute Gasteiger partial charge is 0.352 e. The first kappa shape index (κ1) is 16.4. The zero-order valence-corrected chi connectivity index (χ0v) is 12.0. The Morgan fingerprint density at radius 2 is 1.88 bits per heavy atom. The van der Waals surface area contributed by atoms with Gasteiger partial charge in [-0.3, -0.25) is 9.69 Å². The maximum atomic E-state index is 12.0. The summed E-state index contributed by atoms with van der Waals surface area (Å²) in [6.07, 6.45) is 3.04. The number of carbonyl (C=O) groups is 1. The number of amides is 1. The zero-order chi connectivity index (χ0) is 13.4. The van der Waals surface area contributed by atoms with Gasteiger partial charge in [0, 0.05) is 12.1 Å². The second kappa shape index (κ2) is 8.48. The molecule has 4 heteroatoms. The van der Waals surface area contributed by atoms with Crippen molar-refractivity contribution in [2.75, 3.05) is 13.6 Å². The Kier molecular flexibility index (Phi) is 8.17. The average molecular weight is 243 g/mol. The second-order valence-corrected chi connectivity index (χ2v) is 4.97. The molecule has 0 radical (unpaired) electrons. The van der Waals surface area contributed by atoms with Crippen LogP contribution in [0.1, 0.15) is 47.0 Å². The molecule has 0 aromatic carbocycles. The molecule has 0 aliphatic heterocycles. The van der Waals surface area contributed by atoms with Crippen LogP contribution in [-0.4, -0.2) is 42.5 Å². The normalized spacial score (nSPS) is 16.6. The van der Waals surface area contributed by atoms with Gasteiger partial charge in [-0.2, -0.15) is 0 Å². The smallest absolute Gasteiger partial charge is 0.237 e. The van der Waals surface area contributed by atoms with Crippen LogP contribution in [0.25, 0.3) is 0 Å². The third-order valence-electron chi connectivity index (χ3n) is 3.38. The molecule has 0 rings (SSSR count). The van der Waals surface area contributed by atoms with E-state index in [1.165, 1.54) is 0 Å². The van der Waals surface area contributed by atoms with E-state index >= 15 is 0 Å². The molecule has 0 aliphatic carbocycles. The van der Waals surface area contributed by atoms with Gasteiger partial charge in [-0.15, -0.1) is 0 Å². The van der Waals surface area contributed by atoms with Crippen molar-refractivity contribution in [2.45, 2.75) is 65.1 Å². The number of rotatable bonds is 8. The molecule has 0 saturated carbocycles. The first-order chi connectivity index (χ1) is 7.93.